The number of hydrogen-bond acceptors (Lipinski definition) is 2. The van der Waals surface area contributed by atoms with Gasteiger partial charge in [0.1, 0.15) is 13.2 Å². The Kier molecular flexibility index (Phi) is 1.48. The lowest BCUT2D eigenvalue weighted by atomic mass is 10.2. The van der Waals surface area contributed by atoms with E-state index in [2.05, 4.69) is 11.1 Å². The van der Waals surface area contributed by atoms with Crippen molar-refractivity contribution in [1.29, 1.82) is 0 Å². The Morgan fingerprint density at radius 1 is 1.21 bits per heavy atom. The van der Waals surface area contributed by atoms with Crippen LogP contribution in [0.15, 0.2) is 18.2 Å². The van der Waals surface area contributed by atoms with Crippen molar-refractivity contribution in [3.63, 3.8) is 0 Å². The average molecular weight is 189 g/mol. The van der Waals surface area contributed by atoms with Crippen molar-refractivity contribution in [2.75, 3.05) is 13.2 Å². The molecule has 1 aliphatic heterocycles. The van der Waals surface area contributed by atoms with Crippen molar-refractivity contribution in [3.05, 3.63) is 23.9 Å². The molecule has 0 saturated heterocycles. The van der Waals surface area contributed by atoms with Crippen molar-refractivity contribution in [2.45, 2.75) is 6.92 Å². The van der Waals surface area contributed by atoms with Gasteiger partial charge in [0.25, 0.3) is 0 Å². The van der Waals surface area contributed by atoms with E-state index in [0.717, 1.165) is 28.1 Å². The van der Waals surface area contributed by atoms with E-state index in [1.807, 2.05) is 19.1 Å². The smallest absolute Gasteiger partial charge is 0.170 e. The lowest BCUT2D eigenvalue weighted by Gasteiger charge is -2.18. The number of H-pyrrole nitrogens is 1. The molecule has 0 atom stereocenters. The largest absolute Gasteiger partial charge is 0.486 e. The number of fused-ring (bicyclic) bond motifs is 3. The van der Waals surface area contributed by atoms with E-state index < -0.39 is 0 Å². The van der Waals surface area contributed by atoms with E-state index in [-0.39, 0.29) is 0 Å². The predicted octanol–water partition coefficient (Wildman–Crippen LogP) is 2.25. The Labute approximate surface area is 81.6 Å². The van der Waals surface area contributed by atoms with Crippen molar-refractivity contribution < 1.29 is 9.47 Å². The fourth-order valence-corrected chi connectivity index (χ4v) is 1.85. The number of rotatable bonds is 0. The molecule has 0 bridgehead atoms. The van der Waals surface area contributed by atoms with Crippen LogP contribution < -0.4 is 9.47 Å². The summed E-state index contributed by atoms with van der Waals surface area (Å²) in [5.74, 6) is 1.72. The summed E-state index contributed by atoms with van der Waals surface area (Å²) in [5.41, 5.74) is 2.24. The third-order valence-electron chi connectivity index (χ3n) is 2.44. The Bertz CT molecular complexity index is 487. The monoisotopic (exact) mass is 189 g/mol. The van der Waals surface area contributed by atoms with Gasteiger partial charge in [0.2, 0.25) is 0 Å². The highest BCUT2D eigenvalue weighted by atomic mass is 16.6. The standard InChI is InChI=1S/C11H11NO2/c1-7-6-8-9(12-7)2-3-10-11(8)14-5-4-13-10/h2-3,6,12H,4-5H2,1H3. The van der Waals surface area contributed by atoms with Gasteiger partial charge in [-0.3, -0.25) is 0 Å². The summed E-state index contributed by atoms with van der Waals surface area (Å²) in [6.07, 6.45) is 0. The lowest BCUT2D eigenvalue weighted by Crippen LogP contribution is -2.15. The van der Waals surface area contributed by atoms with Gasteiger partial charge < -0.3 is 14.5 Å². The van der Waals surface area contributed by atoms with Crippen LogP contribution in [0.2, 0.25) is 0 Å². The minimum absolute atomic E-state index is 0.635. The molecule has 3 nitrogen and oxygen atoms in total. The van der Waals surface area contributed by atoms with Gasteiger partial charge in [-0.2, -0.15) is 0 Å². The highest BCUT2D eigenvalue weighted by Gasteiger charge is 2.15. The second kappa shape index (κ2) is 2.67. The summed E-state index contributed by atoms with van der Waals surface area (Å²) in [6.45, 7) is 3.31. The molecule has 0 spiro atoms. The van der Waals surface area contributed by atoms with E-state index in [1.54, 1.807) is 0 Å². The summed E-state index contributed by atoms with van der Waals surface area (Å²) in [6, 6.07) is 6.06. The fraction of sp³-hybridized carbons (Fsp3) is 0.273. The zero-order chi connectivity index (χ0) is 9.54. The number of hydrogen-bond donors (Lipinski definition) is 1. The van der Waals surface area contributed by atoms with Gasteiger partial charge in [0, 0.05) is 16.6 Å². The minimum Gasteiger partial charge on any atom is -0.486 e. The summed E-state index contributed by atoms with van der Waals surface area (Å²) in [4.78, 5) is 3.27. The van der Waals surface area contributed by atoms with Crippen molar-refractivity contribution >= 4 is 10.9 Å². The van der Waals surface area contributed by atoms with E-state index >= 15 is 0 Å². The second-order valence-electron chi connectivity index (χ2n) is 3.50. The number of aromatic amines is 1. The maximum Gasteiger partial charge on any atom is 0.170 e. The SMILES string of the molecule is Cc1cc2c3c(ccc2[nH]1)OCCO3. The first-order valence-electron chi connectivity index (χ1n) is 4.72. The third-order valence-corrected chi connectivity index (χ3v) is 2.44. The fourth-order valence-electron chi connectivity index (χ4n) is 1.85. The van der Waals surface area contributed by atoms with Gasteiger partial charge in [-0.15, -0.1) is 0 Å². The zero-order valence-corrected chi connectivity index (χ0v) is 7.96. The topological polar surface area (TPSA) is 34.2 Å². The Hall–Kier alpha value is -1.64. The molecule has 0 fully saturated rings. The first-order chi connectivity index (χ1) is 6.84. The number of ether oxygens (including phenoxy) is 2. The van der Waals surface area contributed by atoms with Gasteiger partial charge in [0.15, 0.2) is 11.5 Å². The van der Waals surface area contributed by atoms with Crippen molar-refractivity contribution in [3.8, 4) is 11.5 Å². The Morgan fingerprint density at radius 3 is 3.00 bits per heavy atom. The lowest BCUT2D eigenvalue weighted by molar-refractivity contribution is 0.174. The van der Waals surface area contributed by atoms with E-state index in [9.17, 15) is 0 Å². The molecule has 0 radical (unpaired) electrons. The molecule has 1 aliphatic rings. The van der Waals surface area contributed by atoms with Gasteiger partial charge in [0.05, 0.1) is 0 Å². The molecule has 3 heteroatoms. The molecule has 1 N–H and O–H groups in total. The van der Waals surface area contributed by atoms with Crippen molar-refractivity contribution in [1.82, 2.24) is 4.98 Å². The van der Waals surface area contributed by atoms with Crippen LogP contribution in [0.4, 0.5) is 0 Å². The van der Waals surface area contributed by atoms with Crippen LogP contribution in [0.3, 0.4) is 0 Å². The third kappa shape index (κ3) is 0.985. The van der Waals surface area contributed by atoms with Crippen LogP contribution in [0.25, 0.3) is 10.9 Å². The molecule has 0 amide bonds. The molecule has 2 heterocycles. The molecule has 0 saturated carbocycles. The molecular weight excluding hydrogens is 178 g/mol. The van der Waals surface area contributed by atoms with Crippen LogP contribution in [-0.2, 0) is 0 Å². The first-order valence-corrected chi connectivity index (χ1v) is 4.72. The number of aromatic nitrogens is 1. The molecule has 1 aromatic heterocycles. The zero-order valence-electron chi connectivity index (χ0n) is 7.96. The number of aryl methyl sites for hydroxylation is 1. The van der Waals surface area contributed by atoms with Crippen LogP contribution in [0.5, 0.6) is 11.5 Å². The summed E-state index contributed by atoms with van der Waals surface area (Å²) in [5, 5.41) is 1.11. The first kappa shape index (κ1) is 7.74. The van der Waals surface area contributed by atoms with E-state index in [4.69, 9.17) is 9.47 Å². The van der Waals surface area contributed by atoms with Gasteiger partial charge in [-0.05, 0) is 25.1 Å². The predicted molar refractivity (Wildman–Crippen MR) is 54.0 cm³/mol. The highest BCUT2D eigenvalue weighted by Crippen LogP contribution is 2.37. The quantitative estimate of drug-likeness (QED) is 0.689. The summed E-state index contributed by atoms with van der Waals surface area (Å²) >= 11 is 0. The van der Waals surface area contributed by atoms with E-state index in [0.29, 0.717) is 13.2 Å². The molecule has 1 aromatic carbocycles. The van der Waals surface area contributed by atoms with Crippen LogP contribution >= 0.6 is 0 Å². The molecular formula is C11H11NO2. The van der Waals surface area contributed by atoms with Gasteiger partial charge in [-0.1, -0.05) is 0 Å². The summed E-state index contributed by atoms with van der Waals surface area (Å²) < 4.78 is 11.1. The highest BCUT2D eigenvalue weighted by molar-refractivity contribution is 5.89. The van der Waals surface area contributed by atoms with E-state index in [1.165, 1.54) is 0 Å². The Balaban J connectivity index is 2.33. The van der Waals surface area contributed by atoms with Crippen molar-refractivity contribution in [2.24, 2.45) is 0 Å². The molecule has 0 aliphatic carbocycles. The van der Waals surface area contributed by atoms with Gasteiger partial charge >= 0.3 is 0 Å². The van der Waals surface area contributed by atoms with Crippen LogP contribution in [0, 0.1) is 6.92 Å². The molecule has 0 unspecified atom stereocenters. The molecule has 3 rings (SSSR count). The van der Waals surface area contributed by atoms with Crippen LogP contribution in [-0.4, -0.2) is 18.2 Å². The van der Waals surface area contributed by atoms with Gasteiger partial charge in [-0.25, -0.2) is 0 Å². The second-order valence-corrected chi connectivity index (χ2v) is 3.50. The van der Waals surface area contributed by atoms with Crippen LogP contribution in [0.1, 0.15) is 5.69 Å². The molecule has 14 heavy (non-hydrogen) atoms. The number of nitrogens with one attached hydrogen (secondary N) is 1. The Morgan fingerprint density at radius 2 is 2.07 bits per heavy atom. The molecule has 2 aromatic rings. The minimum atomic E-state index is 0.635. The molecule has 72 valence electrons. The maximum absolute atomic E-state index is 5.61. The summed E-state index contributed by atoms with van der Waals surface area (Å²) in [7, 11) is 0. The maximum atomic E-state index is 5.61. The normalized spacial score (nSPS) is 14.6. The average Bonchev–Trinajstić information content (AvgIpc) is 2.59. The number of benzene rings is 1.